The standard InChI is InChI=1S/C16H9ClF6N2O2S/c17-10-1-2-11(12(26)6-10)24-14(28)25-13(27)7-3-8(15(18,19)20)5-9(4-7)16(21,22)23/h1-6,26H,(H2,24,25,27,28). The molecule has 0 aromatic heterocycles. The second-order valence-electron chi connectivity index (χ2n) is 5.36. The average molecular weight is 443 g/mol. The summed E-state index contributed by atoms with van der Waals surface area (Å²) in [5.41, 5.74) is -4.16. The molecule has 2 aromatic rings. The van der Waals surface area contributed by atoms with Crippen LogP contribution in [0.1, 0.15) is 21.5 Å². The van der Waals surface area contributed by atoms with Crippen LogP contribution in [-0.2, 0) is 12.4 Å². The van der Waals surface area contributed by atoms with Gasteiger partial charge in [0.1, 0.15) is 5.75 Å². The van der Waals surface area contributed by atoms with Crippen LogP contribution in [0.3, 0.4) is 0 Å². The molecule has 3 N–H and O–H groups in total. The maximum atomic E-state index is 12.9. The first kappa shape index (κ1) is 21.8. The third-order valence-corrected chi connectivity index (χ3v) is 3.72. The van der Waals surface area contributed by atoms with E-state index in [9.17, 15) is 36.2 Å². The zero-order valence-electron chi connectivity index (χ0n) is 13.4. The lowest BCUT2D eigenvalue weighted by Gasteiger charge is -2.15. The van der Waals surface area contributed by atoms with Crippen molar-refractivity contribution in [1.82, 2.24) is 5.32 Å². The number of anilines is 1. The first-order valence-electron chi connectivity index (χ1n) is 7.17. The number of amides is 1. The Hall–Kier alpha value is -2.53. The van der Waals surface area contributed by atoms with E-state index in [0.717, 1.165) is 6.07 Å². The summed E-state index contributed by atoms with van der Waals surface area (Å²) < 4.78 is 77.1. The van der Waals surface area contributed by atoms with Crippen molar-refractivity contribution in [3.05, 3.63) is 58.1 Å². The fourth-order valence-electron chi connectivity index (χ4n) is 2.03. The van der Waals surface area contributed by atoms with Crippen molar-refractivity contribution in [1.29, 1.82) is 0 Å². The number of nitrogens with one attached hydrogen (secondary N) is 2. The Morgan fingerprint density at radius 3 is 1.96 bits per heavy atom. The van der Waals surface area contributed by atoms with E-state index in [0.29, 0.717) is 0 Å². The molecule has 0 aliphatic heterocycles. The van der Waals surface area contributed by atoms with E-state index in [-0.39, 0.29) is 34.7 Å². The maximum absolute atomic E-state index is 12.9. The van der Waals surface area contributed by atoms with Crippen molar-refractivity contribution in [3.8, 4) is 5.75 Å². The van der Waals surface area contributed by atoms with E-state index in [4.69, 9.17) is 23.8 Å². The van der Waals surface area contributed by atoms with E-state index >= 15 is 0 Å². The number of thiocarbonyl (C=S) groups is 1. The summed E-state index contributed by atoms with van der Waals surface area (Å²) in [6.07, 6.45) is -10.2. The van der Waals surface area contributed by atoms with Gasteiger partial charge in [0.25, 0.3) is 5.91 Å². The summed E-state index contributed by atoms with van der Waals surface area (Å²) in [5.74, 6) is -1.65. The van der Waals surface area contributed by atoms with Crippen LogP contribution < -0.4 is 10.6 Å². The monoisotopic (exact) mass is 442 g/mol. The molecule has 0 spiro atoms. The molecule has 2 aromatic carbocycles. The number of carbonyl (C=O) groups excluding carboxylic acids is 1. The summed E-state index contributed by atoms with van der Waals surface area (Å²) in [7, 11) is 0. The lowest BCUT2D eigenvalue weighted by Crippen LogP contribution is -2.34. The van der Waals surface area contributed by atoms with Gasteiger partial charge in [0, 0.05) is 16.7 Å². The largest absolute Gasteiger partial charge is 0.506 e. The van der Waals surface area contributed by atoms with Crippen LogP contribution in [0.15, 0.2) is 36.4 Å². The van der Waals surface area contributed by atoms with Crippen LogP contribution in [0.5, 0.6) is 5.75 Å². The van der Waals surface area contributed by atoms with Crippen molar-refractivity contribution in [2.75, 3.05) is 5.32 Å². The summed E-state index contributed by atoms with van der Waals surface area (Å²) in [4.78, 5) is 12.1. The molecule has 1 amide bonds. The van der Waals surface area contributed by atoms with Crippen molar-refractivity contribution in [2.45, 2.75) is 12.4 Å². The first-order chi connectivity index (χ1) is 12.8. The predicted molar refractivity (Wildman–Crippen MR) is 93.2 cm³/mol. The molecule has 0 saturated heterocycles. The molecule has 0 heterocycles. The van der Waals surface area contributed by atoms with E-state index < -0.39 is 40.1 Å². The number of phenolic OH excluding ortho intramolecular Hbond substituents is 1. The number of rotatable bonds is 2. The number of hydrogen-bond donors (Lipinski definition) is 3. The molecule has 28 heavy (non-hydrogen) atoms. The van der Waals surface area contributed by atoms with Gasteiger partial charge in [-0.1, -0.05) is 11.6 Å². The van der Waals surface area contributed by atoms with Crippen molar-refractivity contribution in [2.24, 2.45) is 0 Å². The van der Waals surface area contributed by atoms with E-state index in [1.807, 2.05) is 5.32 Å². The van der Waals surface area contributed by atoms with E-state index in [2.05, 4.69) is 5.32 Å². The zero-order valence-corrected chi connectivity index (χ0v) is 14.9. The minimum atomic E-state index is -5.09. The Morgan fingerprint density at radius 1 is 0.964 bits per heavy atom. The molecule has 0 fully saturated rings. The van der Waals surface area contributed by atoms with Gasteiger partial charge in [-0.25, -0.2) is 0 Å². The molecule has 150 valence electrons. The molecule has 12 heteroatoms. The lowest BCUT2D eigenvalue weighted by molar-refractivity contribution is -0.143. The smallest absolute Gasteiger partial charge is 0.416 e. The number of carbonyl (C=O) groups is 1. The number of phenols is 1. The molecule has 2 rings (SSSR count). The fourth-order valence-corrected chi connectivity index (χ4v) is 2.39. The lowest BCUT2D eigenvalue weighted by atomic mass is 10.0. The van der Waals surface area contributed by atoms with Gasteiger partial charge in [-0.15, -0.1) is 0 Å². The summed E-state index contributed by atoms with van der Waals surface area (Å²) in [5, 5.41) is 13.7. The third kappa shape index (κ3) is 5.49. The molecule has 0 aliphatic rings. The van der Waals surface area contributed by atoms with Crippen molar-refractivity contribution < 1.29 is 36.2 Å². The van der Waals surface area contributed by atoms with Gasteiger partial charge < -0.3 is 10.4 Å². The molecule has 0 unspecified atom stereocenters. The van der Waals surface area contributed by atoms with Crippen molar-refractivity contribution >= 4 is 40.5 Å². The molecular weight excluding hydrogens is 434 g/mol. The van der Waals surface area contributed by atoms with Gasteiger partial charge in [-0.2, -0.15) is 26.3 Å². The number of alkyl halides is 6. The minimum absolute atomic E-state index is 0.00900. The normalized spacial score (nSPS) is 11.8. The Morgan fingerprint density at radius 2 is 1.50 bits per heavy atom. The highest BCUT2D eigenvalue weighted by molar-refractivity contribution is 7.80. The average Bonchev–Trinajstić information content (AvgIpc) is 2.55. The van der Waals surface area contributed by atoms with Gasteiger partial charge in [0.2, 0.25) is 0 Å². The Bertz CT molecular complexity index is 898. The van der Waals surface area contributed by atoms with Crippen molar-refractivity contribution in [3.63, 3.8) is 0 Å². The van der Waals surface area contributed by atoms with Gasteiger partial charge >= 0.3 is 12.4 Å². The maximum Gasteiger partial charge on any atom is 0.416 e. The summed E-state index contributed by atoms with van der Waals surface area (Å²) in [6.45, 7) is 0. The van der Waals surface area contributed by atoms with Gasteiger partial charge in [0.15, 0.2) is 5.11 Å². The Labute approximate surface area is 164 Å². The molecule has 0 saturated carbocycles. The third-order valence-electron chi connectivity index (χ3n) is 3.28. The van der Waals surface area contributed by atoms with Gasteiger partial charge in [-0.05, 0) is 42.5 Å². The highest BCUT2D eigenvalue weighted by Gasteiger charge is 2.37. The summed E-state index contributed by atoms with van der Waals surface area (Å²) in [6, 6.07) is 4.26. The molecule has 0 radical (unpaired) electrons. The zero-order chi connectivity index (χ0) is 21.3. The van der Waals surface area contributed by atoms with Crippen LogP contribution >= 0.6 is 23.8 Å². The number of aromatic hydroxyl groups is 1. The second-order valence-corrected chi connectivity index (χ2v) is 6.21. The topological polar surface area (TPSA) is 61.4 Å². The Kier molecular flexibility index (Phi) is 6.09. The highest BCUT2D eigenvalue weighted by Crippen LogP contribution is 2.36. The van der Waals surface area contributed by atoms with E-state index in [1.165, 1.54) is 12.1 Å². The van der Waals surface area contributed by atoms with Crippen LogP contribution in [-0.4, -0.2) is 16.1 Å². The molecular formula is C16H9ClF6N2O2S. The van der Waals surface area contributed by atoms with Crippen LogP contribution in [0.4, 0.5) is 32.0 Å². The highest BCUT2D eigenvalue weighted by atomic mass is 35.5. The van der Waals surface area contributed by atoms with E-state index in [1.54, 1.807) is 0 Å². The second kappa shape index (κ2) is 7.84. The number of hydrogen-bond acceptors (Lipinski definition) is 3. The van der Waals surface area contributed by atoms with Crippen LogP contribution in [0.25, 0.3) is 0 Å². The van der Waals surface area contributed by atoms with Crippen LogP contribution in [0, 0.1) is 0 Å². The van der Waals surface area contributed by atoms with Gasteiger partial charge in [0.05, 0.1) is 16.8 Å². The first-order valence-corrected chi connectivity index (χ1v) is 7.96. The molecule has 0 atom stereocenters. The SMILES string of the molecule is O=C(NC(=S)Nc1ccc(Cl)cc1O)c1cc(C(F)(F)F)cc(C(F)(F)F)c1. The predicted octanol–water partition coefficient (Wildman–Crippen LogP) is 5.21. The minimum Gasteiger partial charge on any atom is -0.506 e. The Balaban J connectivity index is 2.26. The molecule has 4 nitrogen and oxygen atoms in total. The number of halogens is 7. The summed E-state index contributed by atoms with van der Waals surface area (Å²) >= 11 is 10.4. The molecule has 0 aliphatic carbocycles. The fraction of sp³-hybridized carbons (Fsp3) is 0.125. The van der Waals surface area contributed by atoms with Crippen LogP contribution in [0.2, 0.25) is 5.02 Å². The van der Waals surface area contributed by atoms with Gasteiger partial charge in [-0.3, -0.25) is 10.1 Å². The quantitative estimate of drug-likeness (QED) is 0.339. The number of benzene rings is 2. The molecule has 0 bridgehead atoms.